The van der Waals surface area contributed by atoms with Crippen molar-refractivity contribution in [3.63, 3.8) is 0 Å². The van der Waals surface area contributed by atoms with Gasteiger partial charge in [0, 0.05) is 5.69 Å². The van der Waals surface area contributed by atoms with Crippen LogP contribution in [0, 0.1) is 0 Å². The Labute approximate surface area is 158 Å². The van der Waals surface area contributed by atoms with Crippen molar-refractivity contribution in [1.29, 1.82) is 0 Å². The summed E-state index contributed by atoms with van der Waals surface area (Å²) in [6.07, 6.45) is 1.16. The van der Waals surface area contributed by atoms with Gasteiger partial charge in [0.15, 0.2) is 0 Å². The molecule has 27 heavy (non-hydrogen) atoms. The van der Waals surface area contributed by atoms with E-state index in [2.05, 4.69) is 4.72 Å². The lowest BCUT2D eigenvalue weighted by Crippen LogP contribution is -2.13. The monoisotopic (exact) mass is 381 g/mol. The van der Waals surface area contributed by atoms with Crippen LogP contribution in [0.5, 0.6) is 0 Å². The third kappa shape index (κ3) is 4.74. The van der Waals surface area contributed by atoms with E-state index in [0.29, 0.717) is 24.1 Å². The van der Waals surface area contributed by atoms with Crippen molar-refractivity contribution in [1.82, 2.24) is 0 Å². The molecule has 0 aliphatic rings. The number of aryl methyl sites for hydroxylation is 2. The van der Waals surface area contributed by atoms with Gasteiger partial charge in [-0.2, -0.15) is 0 Å². The average molecular weight is 381 g/mol. The van der Waals surface area contributed by atoms with Gasteiger partial charge in [-0.05, 0) is 54.3 Å². The normalized spacial score (nSPS) is 11.1. The molecule has 0 atom stereocenters. The maximum absolute atomic E-state index is 12.4. The summed E-state index contributed by atoms with van der Waals surface area (Å²) >= 11 is 0. The van der Waals surface area contributed by atoms with E-state index in [0.717, 1.165) is 11.1 Å². The lowest BCUT2D eigenvalue weighted by molar-refractivity contribution is 0.0695. The molecule has 0 fully saturated rings. The Balaban J connectivity index is 1.74. The van der Waals surface area contributed by atoms with Crippen LogP contribution in [0.2, 0.25) is 0 Å². The zero-order chi connectivity index (χ0) is 19.3. The first-order chi connectivity index (χ1) is 13.0. The smallest absolute Gasteiger partial charge is 0.335 e. The molecule has 0 aliphatic heterocycles. The number of carboxylic acids is 1. The SMILES string of the molecule is O=C(O)c1ccccc1CCc1cccc(NS(=O)(=O)c2ccccc2)c1. The van der Waals surface area contributed by atoms with Gasteiger partial charge in [0.25, 0.3) is 10.0 Å². The molecule has 0 spiro atoms. The van der Waals surface area contributed by atoms with Gasteiger partial charge in [-0.3, -0.25) is 4.72 Å². The van der Waals surface area contributed by atoms with Crippen LogP contribution in [-0.2, 0) is 22.9 Å². The van der Waals surface area contributed by atoms with E-state index in [-0.39, 0.29) is 4.90 Å². The van der Waals surface area contributed by atoms with Crippen LogP contribution in [0.1, 0.15) is 21.5 Å². The van der Waals surface area contributed by atoms with E-state index >= 15 is 0 Å². The molecular formula is C21H19NO4S. The highest BCUT2D eigenvalue weighted by molar-refractivity contribution is 7.92. The molecule has 0 saturated carbocycles. The van der Waals surface area contributed by atoms with Gasteiger partial charge >= 0.3 is 5.97 Å². The van der Waals surface area contributed by atoms with Crippen molar-refractivity contribution >= 4 is 21.7 Å². The summed E-state index contributed by atoms with van der Waals surface area (Å²) in [6.45, 7) is 0. The van der Waals surface area contributed by atoms with Crippen LogP contribution in [0.25, 0.3) is 0 Å². The Kier molecular flexibility index (Phi) is 5.57. The lowest BCUT2D eigenvalue weighted by Gasteiger charge is -2.10. The molecule has 0 aliphatic carbocycles. The Morgan fingerprint density at radius 3 is 2.30 bits per heavy atom. The number of benzene rings is 3. The van der Waals surface area contributed by atoms with E-state index < -0.39 is 16.0 Å². The minimum atomic E-state index is -3.64. The van der Waals surface area contributed by atoms with Crippen molar-refractivity contribution in [2.45, 2.75) is 17.7 Å². The number of carboxylic acid groups (broad SMARTS) is 1. The summed E-state index contributed by atoms with van der Waals surface area (Å²) in [6, 6.07) is 22.2. The average Bonchev–Trinajstić information content (AvgIpc) is 2.67. The first-order valence-electron chi connectivity index (χ1n) is 8.44. The van der Waals surface area contributed by atoms with Crippen LogP contribution in [0.4, 0.5) is 5.69 Å². The van der Waals surface area contributed by atoms with Gasteiger partial charge in [-0.15, -0.1) is 0 Å². The molecule has 0 radical (unpaired) electrons. The van der Waals surface area contributed by atoms with Crippen molar-refractivity contribution in [2.24, 2.45) is 0 Å². The van der Waals surface area contributed by atoms with Gasteiger partial charge in [0.05, 0.1) is 10.5 Å². The molecule has 3 rings (SSSR count). The Bertz CT molecular complexity index is 1050. The second-order valence-corrected chi connectivity index (χ2v) is 7.76. The summed E-state index contributed by atoms with van der Waals surface area (Å²) in [5, 5.41) is 9.27. The highest BCUT2D eigenvalue weighted by atomic mass is 32.2. The first kappa shape index (κ1) is 18.7. The number of aromatic carboxylic acids is 1. The van der Waals surface area contributed by atoms with Crippen molar-refractivity contribution < 1.29 is 18.3 Å². The predicted octanol–water partition coefficient (Wildman–Crippen LogP) is 3.97. The zero-order valence-electron chi connectivity index (χ0n) is 14.5. The number of rotatable bonds is 7. The van der Waals surface area contributed by atoms with Crippen LogP contribution in [0.15, 0.2) is 83.8 Å². The summed E-state index contributed by atoms with van der Waals surface area (Å²) in [5.41, 5.74) is 2.44. The van der Waals surface area contributed by atoms with Gasteiger partial charge in [-0.1, -0.05) is 48.5 Å². The van der Waals surface area contributed by atoms with Gasteiger partial charge in [-0.25, -0.2) is 13.2 Å². The summed E-state index contributed by atoms with van der Waals surface area (Å²) in [5.74, 6) is -0.949. The molecule has 3 aromatic carbocycles. The van der Waals surface area contributed by atoms with Crippen molar-refractivity contribution in [3.8, 4) is 0 Å². The van der Waals surface area contributed by atoms with Crippen LogP contribution >= 0.6 is 0 Å². The molecule has 3 aromatic rings. The largest absolute Gasteiger partial charge is 0.478 e. The molecule has 0 saturated heterocycles. The summed E-state index contributed by atoms with van der Waals surface area (Å²) in [4.78, 5) is 11.5. The second-order valence-electron chi connectivity index (χ2n) is 6.08. The number of sulfonamides is 1. The fourth-order valence-corrected chi connectivity index (χ4v) is 3.90. The van der Waals surface area contributed by atoms with Gasteiger partial charge in [0.1, 0.15) is 0 Å². The van der Waals surface area contributed by atoms with Crippen LogP contribution in [0.3, 0.4) is 0 Å². The molecule has 0 bridgehead atoms. The zero-order valence-corrected chi connectivity index (χ0v) is 15.3. The minimum absolute atomic E-state index is 0.200. The van der Waals surface area contributed by atoms with Crippen LogP contribution in [-0.4, -0.2) is 19.5 Å². The number of anilines is 1. The highest BCUT2D eigenvalue weighted by Crippen LogP contribution is 2.19. The number of nitrogens with one attached hydrogen (secondary N) is 1. The Morgan fingerprint density at radius 1 is 0.852 bits per heavy atom. The number of hydrogen-bond donors (Lipinski definition) is 2. The molecule has 5 nitrogen and oxygen atoms in total. The molecule has 0 unspecified atom stereocenters. The van der Waals surface area contributed by atoms with Crippen molar-refractivity contribution in [2.75, 3.05) is 4.72 Å². The summed E-state index contributed by atoms with van der Waals surface area (Å²) < 4.78 is 27.5. The lowest BCUT2D eigenvalue weighted by atomic mass is 10.00. The maximum atomic E-state index is 12.4. The third-order valence-corrected chi connectivity index (χ3v) is 5.56. The first-order valence-corrected chi connectivity index (χ1v) is 9.92. The quantitative estimate of drug-likeness (QED) is 0.649. The standard InChI is InChI=1S/C21H19NO4S/c23-21(24)20-12-5-4-8-17(20)14-13-16-7-6-9-18(15-16)22-27(25,26)19-10-2-1-3-11-19/h1-12,15,22H,13-14H2,(H,23,24). The molecular weight excluding hydrogens is 362 g/mol. The van der Waals surface area contributed by atoms with E-state index in [9.17, 15) is 18.3 Å². The summed E-state index contributed by atoms with van der Waals surface area (Å²) in [7, 11) is -3.64. The molecule has 0 amide bonds. The molecule has 2 N–H and O–H groups in total. The van der Waals surface area contributed by atoms with Gasteiger partial charge < -0.3 is 5.11 Å². The van der Waals surface area contributed by atoms with E-state index in [1.807, 2.05) is 12.1 Å². The predicted molar refractivity (Wildman–Crippen MR) is 105 cm³/mol. The van der Waals surface area contributed by atoms with Crippen LogP contribution < -0.4 is 4.72 Å². The molecule has 0 aromatic heterocycles. The van der Waals surface area contributed by atoms with E-state index in [1.165, 1.54) is 12.1 Å². The highest BCUT2D eigenvalue weighted by Gasteiger charge is 2.14. The molecule has 0 heterocycles. The third-order valence-electron chi connectivity index (χ3n) is 4.16. The number of carbonyl (C=O) groups is 1. The van der Waals surface area contributed by atoms with Gasteiger partial charge in [0.2, 0.25) is 0 Å². The fourth-order valence-electron chi connectivity index (χ4n) is 2.83. The molecule has 138 valence electrons. The molecule has 6 heteroatoms. The minimum Gasteiger partial charge on any atom is -0.478 e. The van der Waals surface area contributed by atoms with Crippen molar-refractivity contribution in [3.05, 3.63) is 95.6 Å². The second kappa shape index (κ2) is 8.05. The number of hydrogen-bond acceptors (Lipinski definition) is 3. The Morgan fingerprint density at radius 2 is 1.56 bits per heavy atom. The fraction of sp³-hybridized carbons (Fsp3) is 0.0952. The van der Waals surface area contributed by atoms with E-state index in [1.54, 1.807) is 54.6 Å². The topological polar surface area (TPSA) is 83.5 Å². The van der Waals surface area contributed by atoms with E-state index in [4.69, 9.17) is 0 Å². The Hall–Kier alpha value is -3.12. The maximum Gasteiger partial charge on any atom is 0.335 e.